The molecule has 0 heterocycles. The number of rotatable bonds is 12. The Kier molecular flexibility index (Phi) is 11.3. The van der Waals surface area contributed by atoms with E-state index in [9.17, 15) is 18.0 Å². The van der Waals surface area contributed by atoms with Crippen LogP contribution < -0.4 is 9.62 Å². The molecule has 3 aromatic carbocycles. The molecule has 1 N–H and O–H groups in total. The van der Waals surface area contributed by atoms with Crippen LogP contribution in [0.1, 0.15) is 39.2 Å². The minimum Gasteiger partial charge on any atom is -0.352 e. The molecule has 0 aliphatic heterocycles. The second-order valence-corrected chi connectivity index (χ2v) is 12.4. The molecule has 7 nitrogen and oxygen atoms in total. The van der Waals surface area contributed by atoms with Gasteiger partial charge in [0.05, 0.1) is 10.6 Å². The molecule has 0 aromatic heterocycles. The first-order chi connectivity index (χ1) is 19.0. The highest BCUT2D eigenvalue weighted by Crippen LogP contribution is 2.29. The molecule has 0 saturated carbocycles. The zero-order valence-corrected chi connectivity index (χ0v) is 25.6. The predicted molar refractivity (Wildman–Crippen MR) is 161 cm³/mol. The van der Waals surface area contributed by atoms with Gasteiger partial charge in [-0.25, -0.2) is 8.42 Å². The molecule has 40 heavy (non-hydrogen) atoms. The van der Waals surface area contributed by atoms with Gasteiger partial charge in [0.15, 0.2) is 0 Å². The number of hydrogen-bond acceptors (Lipinski definition) is 4. The molecule has 0 saturated heterocycles. The van der Waals surface area contributed by atoms with Crippen molar-refractivity contribution >= 4 is 62.3 Å². The standard InChI is InChI=1S/C29H32Cl3N3O4S/c1-4-20(3)33-29(37)27(5-2)34(18-24-25(31)12-9-13-26(24)32)28(36)19-35(22-16-14-21(30)15-17-22)40(38,39)23-10-7-6-8-11-23/h6-17,20,27H,4-5,18-19H2,1-3H3,(H,33,37)/t20-,27+/m1/s1. The Labute approximate surface area is 251 Å². The number of benzene rings is 3. The maximum absolute atomic E-state index is 14.1. The minimum absolute atomic E-state index is 0.0139. The molecule has 214 valence electrons. The molecule has 2 amide bonds. The van der Waals surface area contributed by atoms with Crippen molar-refractivity contribution in [1.82, 2.24) is 10.2 Å². The summed E-state index contributed by atoms with van der Waals surface area (Å²) >= 11 is 18.9. The van der Waals surface area contributed by atoms with Crippen molar-refractivity contribution in [3.05, 3.63) is 93.4 Å². The molecule has 0 aliphatic carbocycles. The first-order valence-corrected chi connectivity index (χ1v) is 15.4. The number of nitrogens with one attached hydrogen (secondary N) is 1. The van der Waals surface area contributed by atoms with Gasteiger partial charge >= 0.3 is 0 Å². The monoisotopic (exact) mass is 623 g/mol. The van der Waals surface area contributed by atoms with Crippen molar-refractivity contribution in [2.75, 3.05) is 10.8 Å². The Bertz CT molecular complexity index is 1400. The maximum Gasteiger partial charge on any atom is 0.264 e. The van der Waals surface area contributed by atoms with Crippen LogP contribution in [0.15, 0.2) is 77.7 Å². The number of sulfonamides is 1. The smallest absolute Gasteiger partial charge is 0.264 e. The quantitative estimate of drug-likeness (QED) is 0.247. The summed E-state index contributed by atoms with van der Waals surface area (Å²) in [6.45, 7) is 4.93. The molecule has 0 unspecified atom stereocenters. The third-order valence-electron chi connectivity index (χ3n) is 6.50. The van der Waals surface area contributed by atoms with E-state index in [1.165, 1.54) is 29.2 Å². The summed E-state index contributed by atoms with van der Waals surface area (Å²) in [7, 11) is -4.17. The summed E-state index contributed by atoms with van der Waals surface area (Å²) in [4.78, 5) is 28.8. The van der Waals surface area contributed by atoms with E-state index in [4.69, 9.17) is 34.8 Å². The van der Waals surface area contributed by atoms with Gasteiger partial charge < -0.3 is 10.2 Å². The number of anilines is 1. The Morgan fingerprint density at radius 2 is 1.45 bits per heavy atom. The van der Waals surface area contributed by atoms with E-state index >= 15 is 0 Å². The Morgan fingerprint density at radius 3 is 2.00 bits per heavy atom. The Balaban J connectivity index is 2.08. The van der Waals surface area contributed by atoms with Crippen molar-refractivity contribution < 1.29 is 18.0 Å². The van der Waals surface area contributed by atoms with Crippen molar-refractivity contribution in [1.29, 1.82) is 0 Å². The molecule has 3 rings (SSSR count). The highest BCUT2D eigenvalue weighted by atomic mass is 35.5. The van der Waals surface area contributed by atoms with E-state index in [0.29, 0.717) is 27.1 Å². The predicted octanol–water partition coefficient (Wildman–Crippen LogP) is 6.56. The molecule has 2 atom stereocenters. The third-order valence-corrected chi connectivity index (χ3v) is 9.25. The van der Waals surface area contributed by atoms with Crippen LogP contribution in [0.2, 0.25) is 15.1 Å². The summed E-state index contributed by atoms with van der Waals surface area (Å²) in [6.07, 6.45) is 0.981. The summed E-state index contributed by atoms with van der Waals surface area (Å²) in [5.74, 6) is -0.950. The molecular formula is C29H32Cl3N3O4S. The first-order valence-electron chi connectivity index (χ1n) is 12.9. The van der Waals surface area contributed by atoms with Crippen molar-refractivity contribution in [3.63, 3.8) is 0 Å². The van der Waals surface area contributed by atoms with Crippen LogP contribution in [-0.4, -0.2) is 43.8 Å². The van der Waals surface area contributed by atoms with Crippen LogP contribution in [0.25, 0.3) is 0 Å². The molecule has 3 aromatic rings. The number of hydrogen-bond donors (Lipinski definition) is 1. The van der Waals surface area contributed by atoms with Gasteiger partial charge in [0.25, 0.3) is 10.0 Å². The Hall–Kier alpha value is -2.78. The number of amides is 2. The van der Waals surface area contributed by atoms with Crippen molar-refractivity contribution in [2.24, 2.45) is 0 Å². The highest BCUT2D eigenvalue weighted by Gasteiger charge is 2.34. The van der Waals surface area contributed by atoms with Gasteiger partial charge in [0, 0.05) is 33.2 Å². The number of carbonyl (C=O) groups is 2. The molecule has 11 heteroatoms. The van der Waals surface area contributed by atoms with Gasteiger partial charge in [-0.2, -0.15) is 0 Å². The fraction of sp³-hybridized carbons (Fsp3) is 0.310. The molecule has 0 bridgehead atoms. The average Bonchev–Trinajstić information content (AvgIpc) is 2.93. The average molecular weight is 625 g/mol. The molecule has 0 aliphatic rings. The van der Waals surface area contributed by atoms with E-state index in [-0.39, 0.29) is 35.5 Å². The largest absolute Gasteiger partial charge is 0.352 e. The lowest BCUT2D eigenvalue weighted by atomic mass is 10.1. The third kappa shape index (κ3) is 7.69. The van der Waals surface area contributed by atoms with Crippen LogP contribution in [0.5, 0.6) is 0 Å². The van der Waals surface area contributed by atoms with Gasteiger partial charge in [-0.1, -0.05) is 72.9 Å². The highest BCUT2D eigenvalue weighted by molar-refractivity contribution is 7.92. The lowest BCUT2D eigenvalue weighted by Gasteiger charge is -2.34. The topological polar surface area (TPSA) is 86.8 Å². The second kappa shape index (κ2) is 14.2. The van der Waals surface area contributed by atoms with Crippen LogP contribution >= 0.6 is 34.8 Å². The zero-order valence-electron chi connectivity index (χ0n) is 22.5. The number of carbonyl (C=O) groups excluding carboxylic acids is 2. The van der Waals surface area contributed by atoms with Gasteiger partial charge in [-0.3, -0.25) is 13.9 Å². The fourth-order valence-electron chi connectivity index (χ4n) is 4.07. The fourth-order valence-corrected chi connectivity index (χ4v) is 6.15. The molecule has 0 fully saturated rings. The lowest BCUT2D eigenvalue weighted by molar-refractivity contribution is -0.140. The van der Waals surface area contributed by atoms with E-state index in [2.05, 4.69) is 5.32 Å². The van der Waals surface area contributed by atoms with Crippen LogP contribution in [0, 0.1) is 0 Å². The van der Waals surface area contributed by atoms with Crippen LogP contribution in [0.4, 0.5) is 5.69 Å². The number of nitrogens with zero attached hydrogens (tertiary/aromatic N) is 2. The summed E-state index contributed by atoms with van der Waals surface area (Å²) < 4.78 is 28.6. The number of halogens is 3. The van der Waals surface area contributed by atoms with Crippen molar-refractivity contribution in [3.8, 4) is 0 Å². The van der Waals surface area contributed by atoms with E-state index in [1.54, 1.807) is 55.5 Å². The maximum atomic E-state index is 14.1. The summed E-state index contributed by atoms with van der Waals surface area (Å²) in [5.41, 5.74) is 0.701. The van der Waals surface area contributed by atoms with Gasteiger partial charge in [0.1, 0.15) is 12.6 Å². The van der Waals surface area contributed by atoms with Gasteiger partial charge in [-0.15, -0.1) is 0 Å². The second-order valence-electron chi connectivity index (χ2n) is 9.26. The summed E-state index contributed by atoms with van der Waals surface area (Å²) in [5, 5.41) is 4.00. The SMILES string of the molecule is CC[C@@H](C)NC(=O)[C@H](CC)N(Cc1c(Cl)cccc1Cl)C(=O)CN(c1ccc(Cl)cc1)S(=O)(=O)c1ccccc1. The Morgan fingerprint density at radius 1 is 0.850 bits per heavy atom. The van der Waals surface area contributed by atoms with Crippen LogP contribution in [-0.2, 0) is 26.2 Å². The molecular weight excluding hydrogens is 593 g/mol. The first kappa shape index (κ1) is 31.7. The molecule has 0 spiro atoms. The zero-order chi connectivity index (χ0) is 29.4. The van der Waals surface area contributed by atoms with Gasteiger partial charge in [-0.05, 0) is 68.3 Å². The van der Waals surface area contributed by atoms with Gasteiger partial charge in [0.2, 0.25) is 11.8 Å². The van der Waals surface area contributed by atoms with E-state index < -0.39 is 28.5 Å². The molecule has 0 radical (unpaired) electrons. The van der Waals surface area contributed by atoms with E-state index in [0.717, 1.165) is 4.31 Å². The minimum atomic E-state index is -4.17. The van der Waals surface area contributed by atoms with Crippen molar-refractivity contribution in [2.45, 2.75) is 57.1 Å². The summed E-state index contributed by atoms with van der Waals surface area (Å²) in [6, 6.07) is 17.9. The lowest BCUT2D eigenvalue weighted by Crippen LogP contribution is -2.53. The van der Waals surface area contributed by atoms with Crippen LogP contribution in [0.3, 0.4) is 0 Å². The van der Waals surface area contributed by atoms with E-state index in [1.807, 2.05) is 13.8 Å². The normalized spacial score (nSPS) is 12.8.